The van der Waals surface area contributed by atoms with E-state index in [-0.39, 0.29) is 11.4 Å². The molecule has 1 heterocycles. The highest BCUT2D eigenvalue weighted by atomic mass is 16.5. The number of nitrogen functional groups attached to an aromatic ring is 1. The number of fused-ring (bicyclic) bond motifs is 1. The van der Waals surface area contributed by atoms with Crippen LogP contribution < -0.4 is 10.5 Å². The number of aromatic nitrogens is 1. The summed E-state index contributed by atoms with van der Waals surface area (Å²) < 4.78 is 9.84. The van der Waals surface area contributed by atoms with Gasteiger partial charge in [-0.15, -0.1) is 0 Å². The van der Waals surface area contributed by atoms with Crippen molar-refractivity contribution < 1.29 is 14.3 Å². The smallest absolute Gasteiger partial charge is 0.341 e. The summed E-state index contributed by atoms with van der Waals surface area (Å²) >= 11 is 0. The Morgan fingerprint density at radius 2 is 2.12 bits per heavy atom. The zero-order chi connectivity index (χ0) is 12.4. The molecule has 0 atom stereocenters. The van der Waals surface area contributed by atoms with Crippen LogP contribution >= 0.6 is 0 Å². The van der Waals surface area contributed by atoms with Crippen LogP contribution in [0.25, 0.3) is 10.9 Å². The number of ether oxygens (including phenoxy) is 2. The van der Waals surface area contributed by atoms with Gasteiger partial charge in [0.15, 0.2) is 0 Å². The summed E-state index contributed by atoms with van der Waals surface area (Å²) in [5, 5.41) is 0.726. The second kappa shape index (κ2) is 4.29. The van der Waals surface area contributed by atoms with E-state index in [0.717, 1.165) is 5.39 Å². The van der Waals surface area contributed by atoms with Crippen molar-refractivity contribution in [3.05, 3.63) is 29.8 Å². The molecule has 1 aromatic heterocycles. The second-order valence-electron chi connectivity index (χ2n) is 3.44. The highest BCUT2D eigenvalue weighted by molar-refractivity contribution is 5.99. The maximum atomic E-state index is 11.5. The van der Waals surface area contributed by atoms with Gasteiger partial charge in [-0.2, -0.15) is 0 Å². The molecule has 0 saturated heterocycles. The SMILES string of the molecule is COC(=O)c1cc2c(OC)cccc2nc1N. The van der Waals surface area contributed by atoms with Gasteiger partial charge in [-0.25, -0.2) is 9.78 Å². The number of rotatable bonds is 2. The lowest BCUT2D eigenvalue weighted by Gasteiger charge is -2.08. The molecule has 17 heavy (non-hydrogen) atoms. The maximum absolute atomic E-state index is 11.5. The number of carbonyl (C=O) groups excluding carboxylic acids is 1. The van der Waals surface area contributed by atoms with E-state index in [1.165, 1.54) is 7.11 Å². The number of hydrogen-bond acceptors (Lipinski definition) is 5. The van der Waals surface area contributed by atoms with Crippen molar-refractivity contribution in [2.45, 2.75) is 0 Å². The number of nitrogens with zero attached hydrogens (tertiary/aromatic N) is 1. The van der Waals surface area contributed by atoms with Crippen LogP contribution in [0, 0.1) is 0 Å². The first kappa shape index (κ1) is 11.2. The van der Waals surface area contributed by atoms with E-state index in [1.807, 2.05) is 6.07 Å². The quantitative estimate of drug-likeness (QED) is 0.796. The van der Waals surface area contributed by atoms with E-state index in [1.54, 1.807) is 25.3 Å². The van der Waals surface area contributed by atoms with E-state index in [9.17, 15) is 4.79 Å². The predicted octanol–water partition coefficient (Wildman–Crippen LogP) is 1.61. The molecule has 5 nitrogen and oxygen atoms in total. The van der Waals surface area contributed by atoms with Gasteiger partial charge in [0.25, 0.3) is 0 Å². The number of carbonyl (C=O) groups is 1. The molecule has 5 heteroatoms. The Bertz CT molecular complexity index is 581. The second-order valence-corrected chi connectivity index (χ2v) is 3.44. The van der Waals surface area contributed by atoms with Crippen molar-refractivity contribution in [3.63, 3.8) is 0 Å². The Balaban J connectivity index is 2.72. The van der Waals surface area contributed by atoms with Crippen molar-refractivity contribution in [2.24, 2.45) is 0 Å². The third-order valence-electron chi connectivity index (χ3n) is 2.47. The van der Waals surface area contributed by atoms with E-state index in [4.69, 9.17) is 10.5 Å². The van der Waals surface area contributed by atoms with Gasteiger partial charge in [-0.3, -0.25) is 0 Å². The molecule has 88 valence electrons. The van der Waals surface area contributed by atoms with Gasteiger partial charge in [0.05, 0.1) is 19.7 Å². The third-order valence-corrected chi connectivity index (χ3v) is 2.47. The average Bonchev–Trinajstić information content (AvgIpc) is 2.36. The summed E-state index contributed by atoms with van der Waals surface area (Å²) in [5.74, 6) is 0.278. The van der Waals surface area contributed by atoms with Crippen molar-refractivity contribution in [1.82, 2.24) is 4.98 Å². The number of anilines is 1. The monoisotopic (exact) mass is 232 g/mol. The number of hydrogen-bond donors (Lipinski definition) is 1. The molecule has 0 aliphatic heterocycles. The molecule has 0 amide bonds. The van der Waals surface area contributed by atoms with Gasteiger partial charge >= 0.3 is 5.97 Å². The molecule has 0 aliphatic carbocycles. The minimum absolute atomic E-state index is 0.151. The number of benzene rings is 1. The highest BCUT2D eigenvalue weighted by Crippen LogP contribution is 2.27. The molecule has 0 radical (unpaired) electrons. The van der Waals surface area contributed by atoms with Crippen LogP contribution in [0.15, 0.2) is 24.3 Å². The van der Waals surface area contributed by atoms with Gasteiger partial charge in [-0.1, -0.05) is 6.07 Å². The molecule has 0 saturated carbocycles. The molecular formula is C12H12N2O3. The summed E-state index contributed by atoms with van der Waals surface area (Å²) in [5.41, 5.74) is 6.62. The Kier molecular flexibility index (Phi) is 2.82. The lowest BCUT2D eigenvalue weighted by atomic mass is 10.1. The molecule has 2 rings (SSSR count). The first-order valence-corrected chi connectivity index (χ1v) is 4.99. The van der Waals surface area contributed by atoms with Crippen LogP contribution in [-0.4, -0.2) is 25.2 Å². The summed E-state index contributed by atoms with van der Waals surface area (Å²) in [6.45, 7) is 0. The van der Waals surface area contributed by atoms with Gasteiger partial charge in [-0.05, 0) is 18.2 Å². The number of nitrogens with two attached hydrogens (primary N) is 1. The minimum Gasteiger partial charge on any atom is -0.496 e. The van der Waals surface area contributed by atoms with Crippen molar-refractivity contribution in [3.8, 4) is 5.75 Å². The number of methoxy groups -OCH3 is 2. The van der Waals surface area contributed by atoms with Crippen molar-refractivity contribution >= 4 is 22.7 Å². The van der Waals surface area contributed by atoms with Crippen molar-refractivity contribution in [1.29, 1.82) is 0 Å². The van der Waals surface area contributed by atoms with Crippen LogP contribution in [0.1, 0.15) is 10.4 Å². The number of pyridine rings is 1. The predicted molar refractivity (Wildman–Crippen MR) is 64.0 cm³/mol. The van der Waals surface area contributed by atoms with E-state index in [0.29, 0.717) is 11.3 Å². The molecule has 1 aromatic carbocycles. The lowest BCUT2D eigenvalue weighted by molar-refractivity contribution is 0.0602. The first-order chi connectivity index (χ1) is 8.17. The summed E-state index contributed by atoms with van der Waals surface area (Å²) in [6, 6.07) is 7.03. The number of esters is 1. The Morgan fingerprint density at radius 3 is 2.76 bits per heavy atom. The Hall–Kier alpha value is -2.30. The molecule has 0 fully saturated rings. The van der Waals surface area contributed by atoms with Gasteiger partial charge in [0, 0.05) is 5.39 Å². The largest absolute Gasteiger partial charge is 0.496 e. The van der Waals surface area contributed by atoms with Crippen LogP contribution in [0.3, 0.4) is 0 Å². The van der Waals surface area contributed by atoms with E-state index in [2.05, 4.69) is 9.72 Å². The average molecular weight is 232 g/mol. The van der Waals surface area contributed by atoms with Crippen LogP contribution in [0.4, 0.5) is 5.82 Å². The van der Waals surface area contributed by atoms with Crippen LogP contribution in [0.2, 0.25) is 0 Å². The van der Waals surface area contributed by atoms with Gasteiger partial charge in [0.2, 0.25) is 0 Å². The topological polar surface area (TPSA) is 74.4 Å². The summed E-state index contributed by atoms with van der Waals surface area (Å²) in [7, 11) is 2.86. The Morgan fingerprint density at radius 1 is 1.35 bits per heavy atom. The molecular weight excluding hydrogens is 220 g/mol. The molecule has 2 N–H and O–H groups in total. The van der Waals surface area contributed by atoms with E-state index >= 15 is 0 Å². The zero-order valence-electron chi connectivity index (χ0n) is 9.56. The molecule has 0 aliphatic rings. The minimum atomic E-state index is -0.511. The van der Waals surface area contributed by atoms with Crippen LogP contribution in [-0.2, 0) is 4.74 Å². The highest BCUT2D eigenvalue weighted by Gasteiger charge is 2.14. The maximum Gasteiger partial charge on any atom is 0.341 e. The van der Waals surface area contributed by atoms with Gasteiger partial charge in [0.1, 0.15) is 17.1 Å². The molecule has 0 bridgehead atoms. The fraction of sp³-hybridized carbons (Fsp3) is 0.167. The summed E-state index contributed by atoms with van der Waals surface area (Å²) in [6.07, 6.45) is 0. The zero-order valence-corrected chi connectivity index (χ0v) is 9.56. The van der Waals surface area contributed by atoms with Crippen LogP contribution in [0.5, 0.6) is 5.75 Å². The lowest BCUT2D eigenvalue weighted by Crippen LogP contribution is -2.07. The Labute approximate surface area is 98.2 Å². The fourth-order valence-corrected chi connectivity index (χ4v) is 1.63. The first-order valence-electron chi connectivity index (χ1n) is 4.99. The summed E-state index contributed by atoms with van der Waals surface area (Å²) in [4.78, 5) is 15.6. The van der Waals surface area contributed by atoms with Gasteiger partial charge < -0.3 is 15.2 Å². The standard InChI is InChI=1S/C12H12N2O3/c1-16-10-5-3-4-9-7(10)6-8(11(13)14-9)12(15)17-2/h3-6H,1-2H3,(H2,13,14). The van der Waals surface area contributed by atoms with E-state index < -0.39 is 5.97 Å². The van der Waals surface area contributed by atoms with Crippen molar-refractivity contribution in [2.75, 3.05) is 20.0 Å². The normalized spacial score (nSPS) is 10.2. The third kappa shape index (κ3) is 1.87. The fourth-order valence-electron chi connectivity index (χ4n) is 1.63. The molecule has 0 spiro atoms. The molecule has 0 unspecified atom stereocenters. The molecule has 2 aromatic rings.